The van der Waals surface area contributed by atoms with Crippen LogP contribution >= 0.6 is 24.0 Å². The summed E-state index contributed by atoms with van der Waals surface area (Å²) in [6.07, 6.45) is 0. The van der Waals surface area contributed by atoms with Gasteiger partial charge in [0.1, 0.15) is 0 Å². The lowest BCUT2D eigenvalue weighted by Crippen LogP contribution is -2.51. The zero-order chi connectivity index (χ0) is 16.3. The summed E-state index contributed by atoms with van der Waals surface area (Å²) in [4.78, 5) is 26.2. The van der Waals surface area contributed by atoms with Crippen LogP contribution in [0, 0.1) is 5.92 Å². The van der Waals surface area contributed by atoms with E-state index in [0.717, 1.165) is 6.54 Å². The first-order chi connectivity index (χ1) is 10.4. The smallest absolute Gasteiger partial charge is 0.255 e. The van der Waals surface area contributed by atoms with Crippen LogP contribution in [0.1, 0.15) is 31.1 Å². The van der Waals surface area contributed by atoms with Crippen molar-refractivity contribution in [3.8, 4) is 0 Å². The molecule has 7 heteroatoms. The first kappa shape index (κ1) is 19.7. The Bertz CT molecular complexity index is 578. The molecule has 128 valence electrons. The van der Waals surface area contributed by atoms with Crippen molar-refractivity contribution in [3.05, 3.63) is 28.8 Å². The van der Waals surface area contributed by atoms with Gasteiger partial charge in [-0.15, -0.1) is 12.4 Å². The van der Waals surface area contributed by atoms with Gasteiger partial charge in [-0.05, 0) is 25.1 Å². The number of anilines is 1. The summed E-state index contributed by atoms with van der Waals surface area (Å²) < 4.78 is 0. The summed E-state index contributed by atoms with van der Waals surface area (Å²) in [5, 5.41) is 6.50. The van der Waals surface area contributed by atoms with E-state index in [1.807, 2.05) is 20.8 Å². The minimum Gasteiger partial charge on any atom is -0.336 e. The Kier molecular flexibility index (Phi) is 7.32. The summed E-state index contributed by atoms with van der Waals surface area (Å²) >= 11 is 6.17. The van der Waals surface area contributed by atoms with Gasteiger partial charge in [0.15, 0.2) is 0 Å². The minimum atomic E-state index is -0.121. The van der Waals surface area contributed by atoms with E-state index in [1.54, 1.807) is 23.1 Å². The van der Waals surface area contributed by atoms with Crippen molar-refractivity contribution in [2.45, 2.75) is 26.8 Å². The summed E-state index contributed by atoms with van der Waals surface area (Å²) in [5.41, 5.74) is 1.02. The molecule has 2 amide bonds. The number of hydrogen-bond donors (Lipinski definition) is 2. The number of halogens is 2. The summed E-state index contributed by atoms with van der Waals surface area (Å²) in [6, 6.07) is 5.27. The number of rotatable bonds is 3. The van der Waals surface area contributed by atoms with Gasteiger partial charge in [-0.1, -0.05) is 25.4 Å². The first-order valence-electron chi connectivity index (χ1n) is 7.51. The van der Waals surface area contributed by atoms with Crippen LogP contribution in [0.2, 0.25) is 5.02 Å². The van der Waals surface area contributed by atoms with E-state index >= 15 is 0 Å². The predicted octanol–water partition coefficient (Wildman–Crippen LogP) is 2.79. The molecule has 0 bridgehead atoms. The number of carbonyl (C=O) groups excluding carboxylic acids is 2. The van der Waals surface area contributed by atoms with Gasteiger partial charge in [0.05, 0.1) is 10.6 Å². The number of nitrogens with zero attached hydrogens (tertiary/aromatic N) is 1. The van der Waals surface area contributed by atoms with Crippen LogP contribution in [-0.2, 0) is 4.79 Å². The highest BCUT2D eigenvalue weighted by atomic mass is 35.5. The Morgan fingerprint density at radius 2 is 2.09 bits per heavy atom. The van der Waals surface area contributed by atoms with E-state index < -0.39 is 0 Å². The molecule has 1 heterocycles. The second kappa shape index (κ2) is 8.52. The fourth-order valence-corrected chi connectivity index (χ4v) is 2.54. The van der Waals surface area contributed by atoms with Gasteiger partial charge in [-0.2, -0.15) is 0 Å². The SMILES string of the molecule is CC1CN(C(=O)c2cc(NC(=O)C(C)C)ccc2Cl)CCN1.Cl. The topological polar surface area (TPSA) is 61.4 Å². The largest absolute Gasteiger partial charge is 0.336 e. The molecule has 1 unspecified atom stereocenters. The molecule has 1 aromatic carbocycles. The standard InChI is InChI=1S/C16H22ClN3O2.ClH/c1-10(2)15(21)19-12-4-5-14(17)13(8-12)16(22)20-7-6-18-11(3)9-20;/h4-5,8,10-11,18H,6-7,9H2,1-3H3,(H,19,21);1H. The molecule has 1 aliphatic rings. The molecule has 1 aromatic rings. The number of benzene rings is 1. The van der Waals surface area contributed by atoms with E-state index in [-0.39, 0.29) is 36.2 Å². The summed E-state index contributed by atoms with van der Waals surface area (Å²) in [7, 11) is 0. The maximum absolute atomic E-state index is 12.6. The van der Waals surface area contributed by atoms with Gasteiger partial charge in [0.2, 0.25) is 5.91 Å². The first-order valence-corrected chi connectivity index (χ1v) is 7.89. The van der Waals surface area contributed by atoms with Crippen LogP contribution in [0.25, 0.3) is 0 Å². The molecule has 2 N–H and O–H groups in total. The third kappa shape index (κ3) is 5.09. The molecule has 0 spiro atoms. The van der Waals surface area contributed by atoms with E-state index in [9.17, 15) is 9.59 Å². The molecule has 0 aliphatic carbocycles. The molecule has 1 aliphatic heterocycles. The second-order valence-electron chi connectivity index (χ2n) is 5.94. The van der Waals surface area contributed by atoms with Gasteiger partial charge in [-0.25, -0.2) is 0 Å². The molecular weight excluding hydrogens is 337 g/mol. The normalized spacial score (nSPS) is 17.6. The lowest BCUT2D eigenvalue weighted by atomic mass is 10.1. The van der Waals surface area contributed by atoms with Crippen molar-refractivity contribution in [3.63, 3.8) is 0 Å². The van der Waals surface area contributed by atoms with Crippen molar-refractivity contribution in [1.29, 1.82) is 0 Å². The number of amides is 2. The number of hydrogen-bond acceptors (Lipinski definition) is 3. The number of nitrogens with one attached hydrogen (secondary N) is 2. The Morgan fingerprint density at radius 3 is 2.70 bits per heavy atom. The molecule has 1 atom stereocenters. The van der Waals surface area contributed by atoms with Gasteiger partial charge in [0, 0.05) is 37.3 Å². The van der Waals surface area contributed by atoms with E-state index in [4.69, 9.17) is 11.6 Å². The Balaban J connectivity index is 0.00000264. The number of carbonyl (C=O) groups is 2. The summed E-state index contributed by atoms with van der Waals surface area (Å²) in [6.45, 7) is 7.76. The summed E-state index contributed by atoms with van der Waals surface area (Å²) in [5.74, 6) is -0.306. The molecule has 0 aromatic heterocycles. The highest BCUT2D eigenvalue weighted by Gasteiger charge is 2.23. The molecular formula is C16H23Cl2N3O2. The molecule has 5 nitrogen and oxygen atoms in total. The molecule has 23 heavy (non-hydrogen) atoms. The molecule has 1 saturated heterocycles. The van der Waals surface area contributed by atoms with E-state index in [1.165, 1.54) is 0 Å². The molecule has 0 saturated carbocycles. The van der Waals surface area contributed by atoms with Crippen LogP contribution in [0.15, 0.2) is 18.2 Å². The average molecular weight is 360 g/mol. The maximum atomic E-state index is 12.6. The zero-order valence-corrected chi connectivity index (χ0v) is 15.1. The van der Waals surface area contributed by atoms with Crippen LogP contribution < -0.4 is 10.6 Å². The lowest BCUT2D eigenvalue weighted by Gasteiger charge is -2.32. The van der Waals surface area contributed by atoms with Gasteiger partial charge >= 0.3 is 0 Å². The minimum absolute atomic E-state index is 0. The van der Waals surface area contributed by atoms with Gasteiger partial charge < -0.3 is 15.5 Å². The molecule has 1 fully saturated rings. The highest BCUT2D eigenvalue weighted by Crippen LogP contribution is 2.23. The Morgan fingerprint density at radius 1 is 1.39 bits per heavy atom. The average Bonchev–Trinajstić information content (AvgIpc) is 2.48. The third-order valence-electron chi connectivity index (χ3n) is 3.64. The van der Waals surface area contributed by atoms with Crippen LogP contribution in [0.4, 0.5) is 5.69 Å². The van der Waals surface area contributed by atoms with Crippen molar-refractivity contribution >= 4 is 41.5 Å². The third-order valence-corrected chi connectivity index (χ3v) is 3.97. The monoisotopic (exact) mass is 359 g/mol. The fourth-order valence-electron chi connectivity index (χ4n) is 2.34. The number of piperazine rings is 1. The highest BCUT2D eigenvalue weighted by molar-refractivity contribution is 6.34. The Labute approximate surface area is 148 Å². The lowest BCUT2D eigenvalue weighted by molar-refractivity contribution is -0.118. The van der Waals surface area contributed by atoms with E-state index in [0.29, 0.717) is 29.4 Å². The van der Waals surface area contributed by atoms with Crippen molar-refractivity contribution in [2.75, 3.05) is 25.0 Å². The van der Waals surface area contributed by atoms with Gasteiger partial charge in [0.25, 0.3) is 5.91 Å². The zero-order valence-electron chi connectivity index (χ0n) is 13.6. The fraction of sp³-hybridized carbons (Fsp3) is 0.500. The molecule has 2 rings (SSSR count). The van der Waals surface area contributed by atoms with Crippen molar-refractivity contribution in [1.82, 2.24) is 10.2 Å². The van der Waals surface area contributed by atoms with Gasteiger partial charge in [-0.3, -0.25) is 9.59 Å². The van der Waals surface area contributed by atoms with Crippen molar-refractivity contribution in [2.24, 2.45) is 5.92 Å². The quantitative estimate of drug-likeness (QED) is 0.872. The van der Waals surface area contributed by atoms with Crippen LogP contribution in [-0.4, -0.2) is 42.4 Å². The van der Waals surface area contributed by atoms with Crippen LogP contribution in [0.5, 0.6) is 0 Å². The second-order valence-corrected chi connectivity index (χ2v) is 6.35. The Hall–Kier alpha value is -1.30. The van der Waals surface area contributed by atoms with Crippen molar-refractivity contribution < 1.29 is 9.59 Å². The van der Waals surface area contributed by atoms with E-state index in [2.05, 4.69) is 10.6 Å². The maximum Gasteiger partial charge on any atom is 0.255 e. The predicted molar refractivity (Wildman–Crippen MR) is 95.5 cm³/mol. The molecule has 0 radical (unpaired) electrons. The van der Waals surface area contributed by atoms with Crippen LogP contribution in [0.3, 0.4) is 0 Å².